The van der Waals surface area contributed by atoms with Gasteiger partial charge < -0.3 is 0 Å². The van der Waals surface area contributed by atoms with Crippen LogP contribution >= 0.6 is 15.9 Å². The molecular formula is C7H4BrF2N3O2S. The number of alkyl halides is 2. The summed E-state index contributed by atoms with van der Waals surface area (Å²) in [6, 6.07) is 1.36. The number of primary sulfonamides is 1. The van der Waals surface area contributed by atoms with E-state index in [1.807, 2.05) is 0 Å². The smallest absolute Gasteiger partial charge is 0.253 e. The Bertz CT molecular complexity index is 568. The number of rotatable bonds is 2. The molecule has 0 bridgehead atoms. The minimum Gasteiger partial charge on any atom is -0.253 e. The van der Waals surface area contributed by atoms with E-state index in [1.165, 1.54) is 6.07 Å². The van der Waals surface area contributed by atoms with Crippen molar-refractivity contribution < 1.29 is 17.2 Å². The van der Waals surface area contributed by atoms with E-state index in [2.05, 4.69) is 20.9 Å². The fourth-order valence-corrected chi connectivity index (χ4v) is 2.77. The number of nitrogens with two attached hydrogens (primary N) is 1. The van der Waals surface area contributed by atoms with Crippen LogP contribution in [0, 0.1) is 11.3 Å². The van der Waals surface area contributed by atoms with Crippen LogP contribution in [0.2, 0.25) is 0 Å². The van der Waals surface area contributed by atoms with Crippen LogP contribution in [0.1, 0.15) is 17.7 Å². The van der Waals surface area contributed by atoms with Gasteiger partial charge in [-0.05, 0) is 15.9 Å². The molecule has 1 aromatic rings. The maximum atomic E-state index is 12.4. The molecular weight excluding hydrogens is 308 g/mol. The van der Waals surface area contributed by atoms with E-state index < -0.39 is 32.6 Å². The Morgan fingerprint density at radius 2 is 2.12 bits per heavy atom. The summed E-state index contributed by atoms with van der Waals surface area (Å²) in [5.74, 6) is 0. The standard InChI is InChI=1S/C7H4BrF2N3O2S/c8-4-2-13-5(7(9)10)3(1-11)6(4)16(12,14)15/h2,7H,(H2,12,14,15). The SMILES string of the molecule is N#Cc1c(C(F)F)ncc(Br)c1S(N)(=O)=O. The normalized spacial score (nSPS) is 11.5. The fraction of sp³-hybridized carbons (Fsp3) is 0.143. The molecule has 0 radical (unpaired) electrons. The average molecular weight is 312 g/mol. The Hall–Kier alpha value is -1.11. The minimum atomic E-state index is -4.27. The third-order valence-electron chi connectivity index (χ3n) is 1.62. The van der Waals surface area contributed by atoms with Gasteiger partial charge in [-0.15, -0.1) is 0 Å². The van der Waals surface area contributed by atoms with Gasteiger partial charge in [0.1, 0.15) is 22.2 Å². The van der Waals surface area contributed by atoms with Gasteiger partial charge in [0.15, 0.2) is 0 Å². The first-order valence-corrected chi connectivity index (χ1v) is 6.02. The van der Waals surface area contributed by atoms with Gasteiger partial charge in [0.05, 0.1) is 4.47 Å². The lowest BCUT2D eigenvalue weighted by molar-refractivity contribution is 0.145. The maximum Gasteiger partial charge on any atom is 0.281 e. The second-order valence-corrected chi connectivity index (χ2v) is 5.01. The second kappa shape index (κ2) is 4.40. The van der Waals surface area contributed by atoms with Crippen molar-refractivity contribution in [2.24, 2.45) is 5.14 Å². The zero-order valence-corrected chi connectivity index (χ0v) is 9.89. The molecule has 1 rings (SSSR count). The van der Waals surface area contributed by atoms with E-state index >= 15 is 0 Å². The Balaban J connectivity index is 3.74. The molecule has 0 saturated heterocycles. The zero-order chi connectivity index (χ0) is 12.5. The van der Waals surface area contributed by atoms with Gasteiger partial charge in [-0.25, -0.2) is 22.3 Å². The highest BCUT2D eigenvalue weighted by Crippen LogP contribution is 2.30. The summed E-state index contributed by atoms with van der Waals surface area (Å²) in [6.45, 7) is 0. The summed E-state index contributed by atoms with van der Waals surface area (Å²) in [6.07, 6.45) is -2.19. The lowest BCUT2D eigenvalue weighted by atomic mass is 10.2. The summed E-state index contributed by atoms with van der Waals surface area (Å²) in [5, 5.41) is 13.5. The molecule has 0 aliphatic carbocycles. The second-order valence-electron chi connectivity index (χ2n) is 2.65. The van der Waals surface area contributed by atoms with Crippen molar-refractivity contribution in [3.63, 3.8) is 0 Å². The fourth-order valence-electron chi connectivity index (χ4n) is 1.04. The van der Waals surface area contributed by atoms with Crippen LogP contribution in [0.4, 0.5) is 8.78 Å². The van der Waals surface area contributed by atoms with E-state index in [4.69, 9.17) is 10.4 Å². The predicted octanol–water partition coefficient (Wildman–Crippen LogP) is 1.30. The zero-order valence-electron chi connectivity index (χ0n) is 7.49. The van der Waals surface area contributed by atoms with Crippen molar-refractivity contribution in [2.45, 2.75) is 11.3 Å². The van der Waals surface area contributed by atoms with Crippen LogP contribution in [-0.4, -0.2) is 13.4 Å². The van der Waals surface area contributed by atoms with Crippen molar-refractivity contribution in [3.05, 3.63) is 21.9 Å². The van der Waals surface area contributed by atoms with Crippen LogP contribution < -0.4 is 5.14 Å². The van der Waals surface area contributed by atoms with Crippen molar-refractivity contribution in [3.8, 4) is 6.07 Å². The molecule has 0 aromatic carbocycles. The highest BCUT2D eigenvalue weighted by atomic mass is 79.9. The molecule has 0 aliphatic rings. The number of halogens is 3. The number of sulfonamides is 1. The summed E-state index contributed by atoms with van der Waals surface area (Å²) in [4.78, 5) is 2.60. The summed E-state index contributed by atoms with van der Waals surface area (Å²) in [7, 11) is -4.27. The first-order chi connectivity index (χ1) is 7.29. The Morgan fingerprint density at radius 3 is 2.50 bits per heavy atom. The van der Waals surface area contributed by atoms with Crippen LogP contribution in [0.25, 0.3) is 0 Å². The molecule has 0 unspecified atom stereocenters. The van der Waals surface area contributed by atoms with E-state index in [9.17, 15) is 17.2 Å². The van der Waals surface area contributed by atoms with Crippen LogP contribution in [-0.2, 0) is 10.0 Å². The van der Waals surface area contributed by atoms with E-state index in [0.717, 1.165) is 6.20 Å². The largest absolute Gasteiger partial charge is 0.281 e. The van der Waals surface area contributed by atoms with Gasteiger partial charge >= 0.3 is 0 Å². The van der Waals surface area contributed by atoms with Crippen molar-refractivity contribution in [2.75, 3.05) is 0 Å². The van der Waals surface area contributed by atoms with Crippen LogP contribution in [0.15, 0.2) is 15.6 Å². The van der Waals surface area contributed by atoms with Gasteiger partial charge in [-0.2, -0.15) is 5.26 Å². The molecule has 2 N–H and O–H groups in total. The van der Waals surface area contributed by atoms with Gasteiger partial charge in [0.2, 0.25) is 10.0 Å². The number of hydrogen-bond acceptors (Lipinski definition) is 4. The molecule has 0 aliphatic heterocycles. The molecule has 1 aromatic heterocycles. The molecule has 0 fully saturated rings. The van der Waals surface area contributed by atoms with Gasteiger partial charge in [-0.3, -0.25) is 4.98 Å². The Labute approximate surface area is 98.1 Å². The third-order valence-corrected chi connectivity index (χ3v) is 3.48. The molecule has 16 heavy (non-hydrogen) atoms. The predicted molar refractivity (Wildman–Crippen MR) is 53.0 cm³/mol. The first-order valence-electron chi connectivity index (χ1n) is 3.68. The number of hydrogen-bond donors (Lipinski definition) is 1. The van der Waals surface area contributed by atoms with Crippen LogP contribution in [0.3, 0.4) is 0 Å². The molecule has 0 amide bonds. The summed E-state index contributed by atoms with van der Waals surface area (Å²) >= 11 is 2.79. The van der Waals surface area contributed by atoms with Crippen LogP contribution in [0.5, 0.6) is 0 Å². The Kier molecular flexibility index (Phi) is 3.57. The summed E-state index contributed by atoms with van der Waals surface area (Å²) in [5.41, 5.74) is -1.65. The lowest BCUT2D eigenvalue weighted by Gasteiger charge is -2.07. The van der Waals surface area contributed by atoms with Gasteiger partial charge in [0, 0.05) is 6.20 Å². The monoisotopic (exact) mass is 311 g/mol. The average Bonchev–Trinajstić information content (AvgIpc) is 2.14. The summed E-state index contributed by atoms with van der Waals surface area (Å²) < 4.78 is 47.0. The van der Waals surface area contributed by atoms with Gasteiger partial charge in [-0.1, -0.05) is 0 Å². The van der Waals surface area contributed by atoms with E-state index in [1.54, 1.807) is 0 Å². The molecule has 9 heteroatoms. The van der Waals surface area contributed by atoms with Crippen molar-refractivity contribution in [1.82, 2.24) is 4.98 Å². The number of nitriles is 1. The van der Waals surface area contributed by atoms with Crippen molar-refractivity contribution in [1.29, 1.82) is 5.26 Å². The molecule has 0 saturated carbocycles. The topological polar surface area (TPSA) is 96.8 Å². The quantitative estimate of drug-likeness (QED) is 0.890. The number of aromatic nitrogens is 1. The lowest BCUT2D eigenvalue weighted by Crippen LogP contribution is -2.16. The van der Waals surface area contributed by atoms with E-state index in [-0.39, 0.29) is 4.47 Å². The van der Waals surface area contributed by atoms with Gasteiger partial charge in [0.25, 0.3) is 6.43 Å². The van der Waals surface area contributed by atoms with Crippen molar-refractivity contribution >= 4 is 26.0 Å². The number of pyridine rings is 1. The molecule has 86 valence electrons. The first kappa shape index (κ1) is 13.0. The molecule has 1 heterocycles. The minimum absolute atomic E-state index is 0.129. The Morgan fingerprint density at radius 1 is 1.56 bits per heavy atom. The molecule has 0 atom stereocenters. The van der Waals surface area contributed by atoms with E-state index in [0.29, 0.717) is 0 Å². The molecule has 0 spiro atoms. The third kappa shape index (κ3) is 2.34. The highest BCUT2D eigenvalue weighted by molar-refractivity contribution is 9.10. The number of nitrogens with zero attached hydrogens (tertiary/aromatic N) is 2. The maximum absolute atomic E-state index is 12.4. The molecule has 5 nitrogen and oxygen atoms in total. The highest BCUT2D eigenvalue weighted by Gasteiger charge is 2.26.